The van der Waals surface area contributed by atoms with Crippen LogP contribution in [-0.2, 0) is 6.42 Å². The Hall–Kier alpha value is -1.14. The molecule has 0 aliphatic heterocycles. The molecule has 6 heteroatoms. The highest BCUT2D eigenvalue weighted by Crippen LogP contribution is 2.10. The van der Waals surface area contributed by atoms with Crippen LogP contribution in [-0.4, -0.2) is 55.1 Å². The van der Waals surface area contributed by atoms with Crippen molar-refractivity contribution in [2.24, 2.45) is 4.99 Å². The van der Waals surface area contributed by atoms with Crippen LogP contribution in [0.2, 0.25) is 0 Å². The zero-order chi connectivity index (χ0) is 16.4. The van der Waals surface area contributed by atoms with Gasteiger partial charge in [-0.3, -0.25) is 4.99 Å². The molecule has 1 aromatic heterocycles. The number of hydrogen-bond acceptors (Lipinski definition) is 4. The first-order valence-corrected chi connectivity index (χ1v) is 9.02. The highest BCUT2D eigenvalue weighted by Gasteiger charge is 2.06. The first-order chi connectivity index (χ1) is 10.6. The Morgan fingerprint density at radius 3 is 2.77 bits per heavy atom. The second kappa shape index (κ2) is 10.6. The van der Waals surface area contributed by atoms with Gasteiger partial charge in [0.05, 0.1) is 11.6 Å². The smallest absolute Gasteiger partial charge is 0.191 e. The molecule has 2 N–H and O–H groups in total. The molecule has 0 spiro atoms. The van der Waals surface area contributed by atoms with Gasteiger partial charge in [0.15, 0.2) is 5.96 Å². The van der Waals surface area contributed by atoms with Crippen LogP contribution >= 0.6 is 11.3 Å². The summed E-state index contributed by atoms with van der Waals surface area (Å²) in [5, 5.41) is 7.85. The summed E-state index contributed by atoms with van der Waals surface area (Å²) in [7, 11) is 2.16. The maximum absolute atomic E-state index is 4.64. The summed E-state index contributed by atoms with van der Waals surface area (Å²) in [6, 6.07) is 0.610. The molecule has 1 aromatic rings. The maximum atomic E-state index is 4.64. The van der Waals surface area contributed by atoms with E-state index in [1.807, 2.05) is 6.20 Å². The third-order valence-electron chi connectivity index (χ3n) is 3.71. The largest absolute Gasteiger partial charge is 0.357 e. The zero-order valence-electron chi connectivity index (χ0n) is 14.6. The molecule has 1 rings (SSSR count). The lowest BCUT2D eigenvalue weighted by Gasteiger charge is -2.22. The van der Waals surface area contributed by atoms with Crippen LogP contribution in [0.5, 0.6) is 0 Å². The summed E-state index contributed by atoms with van der Waals surface area (Å²) in [6.45, 7) is 12.2. The number of hydrogen-bond donors (Lipinski definition) is 2. The topological polar surface area (TPSA) is 52.6 Å². The minimum Gasteiger partial charge on any atom is -0.357 e. The lowest BCUT2D eigenvalue weighted by molar-refractivity contribution is 0.259. The van der Waals surface area contributed by atoms with Gasteiger partial charge in [-0.05, 0) is 34.2 Å². The molecule has 0 saturated heterocycles. The number of nitrogens with one attached hydrogen (secondary N) is 2. The quantitative estimate of drug-likeness (QED) is 0.540. The van der Waals surface area contributed by atoms with E-state index in [1.54, 1.807) is 11.3 Å². The summed E-state index contributed by atoms with van der Waals surface area (Å²) in [6.07, 6.45) is 4.05. The molecule has 1 heterocycles. The molecule has 0 bridgehead atoms. The minimum atomic E-state index is 0.610. The third-order valence-corrected chi connectivity index (χ3v) is 4.68. The maximum Gasteiger partial charge on any atom is 0.191 e. The Bertz CT molecular complexity index is 443. The molecule has 22 heavy (non-hydrogen) atoms. The van der Waals surface area contributed by atoms with Crippen molar-refractivity contribution in [2.45, 2.75) is 46.6 Å². The van der Waals surface area contributed by atoms with Gasteiger partial charge >= 0.3 is 0 Å². The summed E-state index contributed by atoms with van der Waals surface area (Å²) in [5.74, 6) is 0.897. The van der Waals surface area contributed by atoms with Gasteiger partial charge in [-0.1, -0.05) is 6.92 Å². The van der Waals surface area contributed by atoms with E-state index in [1.165, 1.54) is 16.3 Å². The molecule has 0 saturated carbocycles. The van der Waals surface area contributed by atoms with Crippen LogP contribution in [0.3, 0.4) is 0 Å². The van der Waals surface area contributed by atoms with Crippen molar-refractivity contribution in [1.82, 2.24) is 20.5 Å². The fraction of sp³-hybridized carbons (Fsp3) is 0.750. The van der Waals surface area contributed by atoms with Crippen LogP contribution < -0.4 is 10.6 Å². The van der Waals surface area contributed by atoms with Crippen LogP contribution in [0, 0.1) is 6.92 Å². The predicted octanol–water partition coefficient (Wildman–Crippen LogP) is 2.28. The Morgan fingerprint density at radius 1 is 1.41 bits per heavy atom. The van der Waals surface area contributed by atoms with E-state index in [0.29, 0.717) is 6.04 Å². The molecule has 0 aliphatic rings. The van der Waals surface area contributed by atoms with Crippen LogP contribution in [0.15, 0.2) is 11.2 Å². The molecule has 0 aliphatic carbocycles. The monoisotopic (exact) mass is 325 g/mol. The fourth-order valence-electron chi connectivity index (χ4n) is 2.00. The zero-order valence-corrected chi connectivity index (χ0v) is 15.5. The second-order valence-corrected chi connectivity index (χ2v) is 6.86. The number of aryl methyl sites for hydroxylation is 1. The normalized spacial score (nSPS) is 13.5. The van der Waals surface area contributed by atoms with Gasteiger partial charge in [0, 0.05) is 43.2 Å². The number of guanidine groups is 1. The van der Waals surface area contributed by atoms with E-state index in [2.05, 4.69) is 60.3 Å². The molecule has 0 amide bonds. The van der Waals surface area contributed by atoms with Gasteiger partial charge in [-0.25, -0.2) is 4.98 Å². The average Bonchev–Trinajstić information content (AvgIpc) is 2.91. The summed E-state index contributed by atoms with van der Waals surface area (Å²) in [4.78, 5) is 12.6. The van der Waals surface area contributed by atoms with E-state index < -0.39 is 0 Å². The van der Waals surface area contributed by atoms with Crippen molar-refractivity contribution in [2.75, 3.05) is 33.2 Å². The van der Waals surface area contributed by atoms with Crippen LogP contribution in [0.25, 0.3) is 0 Å². The standard InChI is InChI=1S/C16H31N5S/c1-6-13(3)21(5)11-10-19-16(17-7-2)18-9-8-15-20-12-14(4)22-15/h12-13H,6-11H2,1-5H3,(H2,17,18,19). The van der Waals surface area contributed by atoms with Crippen molar-refractivity contribution in [3.63, 3.8) is 0 Å². The SMILES string of the molecule is CCNC(=NCCN(C)C(C)CC)NCCc1ncc(C)s1. The van der Waals surface area contributed by atoms with Crippen LogP contribution in [0.4, 0.5) is 0 Å². The molecule has 5 nitrogen and oxygen atoms in total. The Kier molecular flexibility index (Phi) is 9.08. The van der Waals surface area contributed by atoms with E-state index in [9.17, 15) is 0 Å². The van der Waals surface area contributed by atoms with E-state index in [0.717, 1.165) is 38.6 Å². The number of aliphatic imine (C=N–C) groups is 1. The number of rotatable bonds is 9. The lowest BCUT2D eigenvalue weighted by atomic mass is 10.2. The van der Waals surface area contributed by atoms with Gasteiger partial charge in [0.25, 0.3) is 0 Å². The number of nitrogens with zero attached hydrogens (tertiary/aromatic N) is 3. The Balaban J connectivity index is 2.35. The Labute approximate surface area is 139 Å². The van der Waals surface area contributed by atoms with Crippen LogP contribution in [0.1, 0.15) is 37.1 Å². The molecule has 1 unspecified atom stereocenters. The van der Waals surface area contributed by atoms with Crippen molar-refractivity contribution < 1.29 is 0 Å². The second-order valence-electron chi connectivity index (χ2n) is 5.54. The minimum absolute atomic E-state index is 0.610. The van der Waals surface area contributed by atoms with Gasteiger partial charge in [0.2, 0.25) is 0 Å². The van der Waals surface area contributed by atoms with Crippen molar-refractivity contribution in [1.29, 1.82) is 0 Å². The molecule has 0 aromatic carbocycles. The van der Waals surface area contributed by atoms with E-state index >= 15 is 0 Å². The first kappa shape index (κ1) is 18.9. The number of aromatic nitrogens is 1. The van der Waals surface area contributed by atoms with E-state index in [4.69, 9.17) is 0 Å². The predicted molar refractivity (Wildman–Crippen MR) is 96.9 cm³/mol. The molecular formula is C16H31N5S. The molecule has 126 valence electrons. The van der Waals surface area contributed by atoms with Gasteiger partial charge in [0.1, 0.15) is 0 Å². The van der Waals surface area contributed by atoms with Crippen molar-refractivity contribution >= 4 is 17.3 Å². The number of likely N-dealkylation sites (N-methyl/N-ethyl adjacent to an activating group) is 1. The first-order valence-electron chi connectivity index (χ1n) is 8.20. The summed E-state index contributed by atoms with van der Waals surface area (Å²) >= 11 is 1.76. The molecular weight excluding hydrogens is 294 g/mol. The van der Waals surface area contributed by atoms with Crippen molar-refractivity contribution in [3.05, 3.63) is 16.1 Å². The summed E-state index contributed by atoms with van der Waals surface area (Å²) in [5.41, 5.74) is 0. The van der Waals surface area contributed by atoms with Gasteiger partial charge < -0.3 is 15.5 Å². The van der Waals surface area contributed by atoms with E-state index in [-0.39, 0.29) is 0 Å². The Morgan fingerprint density at radius 2 is 2.18 bits per heavy atom. The molecule has 0 radical (unpaired) electrons. The average molecular weight is 326 g/mol. The number of thiazole rings is 1. The van der Waals surface area contributed by atoms with Gasteiger partial charge in [-0.2, -0.15) is 0 Å². The summed E-state index contributed by atoms with van der Waals surface area (Å²) < 4.78 is 0. The lowest BCUT2D eigenvalue weighted by Crippen LogP contribution is -2.39. The highest BCUT2D eigenvalue weighted by atomic mass is 32.1. The van der Waals surface area contributed by atoms with Crippen molar-refractivity contribution in [3.8, 4) is 0 Å². The third kappa shape index (κ3) is 7.22. The molecule has 1 atom stereocenters. The highest BCUT2D eigenvalue weighted by molar-refractivity contribution is 7.11. The molecule has 0 fully saturated rings. The van der Waals surface area contributed by atoms with Gasteiger partial charge in [-0.15, -0.1) is 11.3 Å². The fourth-order valence-corrected chi connectivity index (χ4v) is 2.78.